The molecule has 0 aromatic rings. The van der Waals surface area contributed by atoms with Crippen LogP contribution in [0.3, 0.4) is 0 Å². The van der Waals surface area contributed by atoms with Crippen LogP contribution in [-0.4, -0.2) is 75.1 Å². The van der Waals surface area contributed by atoms with Crippen molar-refractivity contribution < 1.29 is 98.4 Å². The first-order chi connectivity index (χ1) is 13.7. The van der Waals surface area contributed by atoms with Crippen LogP contribution in [0.5, 0.6) is 0 Å². The Morgan fingerprint density at radius 1 is 0.375 bits per heavy atom. The van der Waals surface area contributed by atoms with Gasteiger partial charge in [0.15, 0.2) is 0 Å². The Labute approximate surface area is 207 Å². The molecule has 0 saturated carbocycles. The van der Waals surface area contributed by atoms with Gasteiger partial charge in [-0.2, -0.15) is 39.3 Å². The minimum atomic E-state index is -2.19. The first-order valence-electron chi connectivity index (χ1n) is 6.82. The topological polar surface area (TPSA) is 384 Å². The molecule has 32 heavy (non-hydrogen) atoms. The van der Waals surface area contributed by atoms with E-state index in [1.54, 1.807) is 0 Å². The third kappa shape index (κ3) is 122. The second-order valence-electron chi connectivity index (χ2n) is 3.22. The zero-order valence-electron chi connectivity index (χ0n) is 15.8. The number of carboxylic acid groups (broad SMARTS) is 6. The predicted molar refractivity (Wildman–Crippen MR) is 85.2 cm³/mol. The van der Waals surface area contributed by atoms with Crippen molar-refractivity contribution in [2.45, 2.75) is 0 Å². The molecule has 0 spiro atoms. The summed E-state index contributed by atoms with van der Waals surface area (Å²) < 4.78 is 0. The molecule has 0 aliphatic heterocycles. The van der Waals surface area contributed by atoms with Gasteiger partial charge >= 0.3 is 39.0 Å². The van der Waals surface area contributed by atoms with E-state index in [1.165, 1.54) is 0 Å². The molecule has 0 heterocycles. The van der Waals surface area contributed by atoms with Crippen LogP contribution in [0.2, 0.25) is 0 Å². The first kappa shape index (κ1) is 52.0. The Morgan fingerprint density at radius 3 is 0.438 bits per heavy atom. The summed E-state index contributed by atoms with van der Waals surface area (Å²) in [6.07, 6.45) is 0. The molecule has 0 aliphatic carbocycles. The van der Waals surface area contributed by atoms with E-state index in [0.717, 1.165) is 0 Å². The van der Waals surface area contributed by atoms with Gasteiger partial charge in [0, 0.05) is 0 Å². The fourth-order valence-corrected chi connectivity index (χ4v) is 0. The van der Waals surface area contributed by atoms with E-state index < -0.39 is 35.8 Å². The summed E-state index contributed by atoms with van der Waals surface area (Å²) in [6.45, 7) is 1.42. The van der Waals surface area contributed by atoms with Crippen LogP contribution in [0.25, 0.3) is 34.4 Å². The van der Waals surface area contributed by atoms with Crippen molar-refractivity contribution in [3.63, 3.8) is 0 Å². The molecule has 0 unspecified atom stereocenters. The Kier molecular flexibility index (Phi) is 76.2. The standard InChI is InChI=1S/3C2H6N2.3C2H2O4.2Ru/c3*3-1-2-4;3*3-1(4)2(5)6;;/h3*3-4H,1-2H2;3*(H,3,4)(H,5,6);;/q3*-2;;;;+3;+5/p-6. The summed E-state index contributed by atoms with van der Waals surface area (Å²) in [7, 11) is 0. The largest absolute Gasteiger partial charge is 5.00 e. The Balaban J connectivity index is -0.0000000359. The van der Waals surface area contributed by atoms with Crippen molar-refractivity contribution in [2.24, 2.45) is 0 Å². The van der Waals surface area contributed by atoms with Crippen LogP contribution >= 0.6 is 0 Å². The van der Waals surface area contributed by atoms with Gasteiger partial charge in [0.25, 0.3) is 0 Å². The SMILES string of the molecule is O=C([O-])C(=O)[O-].O=C([O-])C(=O)[O-].O=C([O-])C(=O)[O-].[NH-]CC[NH-].[NH-]CC[NH-].[NH-]CC[NH-].[Ru+3].[Ru+5]. The number of hydrogen-bond acceptors (Lipinski definition) is 12. The number of carboxylic acids is 6. The van der Waals surface area contributed by atoms with E-state index in [2.05, 4.69) is 0 Å². The van der Waals surface area contributed by atoms with E-state index >= 15 is 0 Å². The molecule has 0 aromatic heterocycles. The van der Waals surface area contributed by atoms with Crippen LogP contribution in [0.4, 0.5) is 0 Å². The average molecular weight is 640 g/mol. The molecule has 0 fully saturated rings. The van der Waals surface area contributed by atoms with Crippen LogP contribution in [0, 0.1) is 0 Å². The van der Waals surface area contributed by atoms with Crippen LogP contribution in [0.15, 0.2) is 0 Å². The molecule has 0 amide bonds. The minimum Gasteiger partial charge on any atom is -0.679 e. The summed E-state index contributed by atoms with van der Waals surface area (Å²) >= 11 is 0. The van der Waals surface area contributed by atoms with Gasteiger partial charge in [-0.05, 0) is 0 Å². The summed E-state index contributed by atoms with van der Waals surface area (Å²) in [5.41, 5.74) is 37.6. The zero-order valence-corrected chi connectivity index (χ0v) is 19.3. The third-order valence-electron chi connectivity index (χ3n) is 0.875. The molecule has 0 atom stereocenters. The van der Waals surface area contributed by atoms with Gasteiger partial charge in [0.05, 0.1) is 35.8 Å². The van der Waals surface area contributed by atoms with E-state index in [1.807, 2.05) is 0 Å². The van der Waals surface area contributed by atoms with E-state index in [4.69, 9.17) is 93.8 Å². The molecule has 2 radical (unpaired) electrons. The molecule has 0 aliphatic rings. The first-order valence-corrected chi connectivity index (χ1v) is 6.82. The van der Waals surface area contributed by atoms with Gasteiger partial charge in [-0.1, -0.05) is 0 Å². The van der Waals surface area contributed by atoms with Gasteiger partial charge in [0.2, 0.25) is 0 Å². The van der Waals surface area contributed by atoms with E-state index in [0.29, 0.717) is 0 Å². The van der Waals surface area contributed by atoms with Crippen molar-refractivity contribution >= 4 is 35.8 Å². The average Bonchev–Trinajstić information content (AvgIpc) is 2.69. The van der Waals surface area contributed by atoms with Crippen LogP contribution in [0.1, 0.15) is 0 Å². The van der Waals surface area contributed by atoms with Crippen molar-refractivity contribution in [3.8, 4) is 0 Å². The molecular weight excluding hydrogens is 622 g/mol. The number of carbonyl (C=O) groups excluding carboxylic acids is 6. The Hall–Kier alpha value is -2.17. The zero-order chi connectivity index (χ0) is 25.7. The smallest absolute Gasteiger partial charge is 0.679 e. The fraction of sp³-hybridized carbons (Fsp3) is 0.500. The number of rotatable bonds is 3. The predicted octanol–water partition coefficient (Wildman–Crippen LogP) is -7.27. The summed E-state index contributed by atoms with van der Waals surface area (Å²) in [6, 6.07) is 0. The molecule has 188 valence electrons. The van der Waals surface area contributed by atoms with Crippen molar-refractivity contribution in [1.82, 2.24) is 0 Å². The Morgan fingerprint density at radius 2 is 0.438 bits per heavy atom. The molecule has 20 heteroatoms. The normalized spacial score (nSPS) is 6.94. The number of nitrogens with one attached hydrogen (secondary N) is 6. The van der Waals surface area contributed by atoms with Crippen LogP contribution < -0.4 is 30.6 Å². The molecule has 0 aromatic carbocycles. The quantitative estimate of drug-likeness (QED) is 0.205. The monoisotopic (exact) mass is 642 g/mol. The maximum absolute atomic E-state index is 8.93. The van der Waals surface area contributed by atoms with Crippen molar-refractivity contribution in [1.29, 1.82) is 0 Å². The molecule has 18 nitrogen and oxygen atoms in total. The second-order valence-corrected chi connectivity index (χ2v) is 3.22. The second kappa shape index (κ2) is 46.9. The molecule has 0 rings (SSSR count). The summed E-state index contributed by atoms with van der Waals surface area (Å²) in [4.78, 5) is 53.6. The van der Waals surface area contributed by atoms with E-state index in [9.17, 15) is 0 Å². The van der Waals surface area contributed by atoms with Gasteiger partial charge in [-0.25, -0.2) is 0 Å². The minimum absolute atomic E-state index is 0. The number of aliphatic carboxylic acids is 6. The maximum atomic E-state index is 8.93. The Bertz CT molecular complexity index is 377. The summed E-state index contributed by atoms with van der Waals surface area (Å²) in [5.74, 6) is -13.1. The van der Waals surface area contributed by atoms with Crippen LogP contribution in [-0.2, 0) is 67.7 Å². The molecule has 0 bridgehead atoms. The summed E-state index contributed by atoms with van der Waals surface area (Å²) in [5, 5.41) is 53.6. The van der Waals surface area contributed by atoms with Crippen molar-refractivity contribution in [3.05, 3.63) is 34.4 Å². The molecule has 6 N–H and O–H groups in total. The number of hydrogen-bond donors (Lipinski definition) is 0. The van der Waals surface area contributed by atoms with Gasteiger partial charge in [-0.15, -0.1) is 0 Å². The van der Waals surface area contributed by atoms with Crippen molar-refractivity contribution in [2.75, 3.05) is 39.3 Å². The molecule has 0 saturated heterocycles. The molecular formula is C12H18N6O12Ru2-4. The maximum Gasteiger partial charge on any atom is 5.00 e. The third-order valence-corrected chi connectivity index (χ3v) is 0.875. The van der Waals surface area contributed by atoms with Gasteiger partial charge in [-0.3, -0.25) is 0 Å². The fourth-order valence-electron chi connectivity index (χ4n) is 0. The van der Waals surface area contributed by atoms with Gasteiger partial charge in [0.1, 0.15) is 0 Å². The van der Waals surface area contributed by atoms with Gasteiger partial charge < -0.3 is 93.8 Å². The number of carbonyl (C=O) groups is 6. The van der Waals surface area contributed by atoms with E-state index in [-0.39, 0.29) is 78.2 Å².